The Kier molecular flexibility index (Phi) is 6.74. The van der Waals surface area contributed by atoms with E-state index in [-0.39, 0.29) is 0 Å². The van der Waals surface area contributed by atoms with Crippen molar-refractivity contribution in [3.8, 4) is 0 Å². The van der Waals surface area contributed by atoms with Gasteiger partial charge in [-0.05, 0) is 42.4 Å². The highest BCUT2D eigenvalue weighted by Gasteiger charge is 2.33. The molecule has 0 spiro atoms. The lowest BCUT2D eigenvalue weighted by molar-refractivity contribution is 0.105. The predicted molar refractivity (Wildman–Crippen MR) is 82.8 cm³/mol. The second-order valence-electron chi connectivity index (χ2n) is 7.46. The lowest BCUT2D eigenvalue weighted by atomic mass is 9.65. The maximum absolute atomic E-state index is 2.54. The minimum absolute atomic E-state index is 0.570. The third-order valence-electron chi connectivity index (χ3n) is 5.55. The summed E-state index contributed by atoms with van der Waals surface area (Å²) in [5, 5.41) is 0. The molecule has 1 aliphatic rings. The van der Waals surface area contributed by atoms with Crippen LogP contribution >= 0.6 is 0 Å². The second-order valence-corrected chi connectivity index (χ2v) is 7.46. The van der Waals surface area contributed by atoms with Gasteiger partial charge in [-0.3, -0.25) is 0 Å². The first-order valence-corrected chi connectivity index (χ1v) is 8.51. The van der Waals surface area contributed by atoms with Crippen LogP contribution in [0.2, 0.25) is 0 Å². The summed E-state index contributed by atoms with van der Waals surface area (Å²) in [6.07, 6.45) is 13.0. The van der Waals surface area contributed by atoms with Crippen LogP contribution in [0.5, 0.6) is 0 Å². The van der Waals surface area contributed by atoms with Crippen molar-refractivity contribution in [2.24, 2.45) is 23.2 Å². The van der Waals surface area contributed by atoms with Crippen LogP contribution in [0, 0.1) is 23.2 Å². The van der Waals surface area contributed by atoms with Gasteiger partial charge in [0.2, 0.25) is 0 Å². The number of rotatable bonds is 7. The molecule has 2 atom stereocenters. The smallest absolute Gasteiger partial charge is 0.0323 e. The Labute approximate surface area is 116 Å². The Morgan fingerprint density at radius 2 is 1.67 bits per heavy atom. The van der Waals surface area contributed by atoms with Crippen molar-refractivity contribution in [1.82, 2.24) is 0 Å². The summed E-state index contributed by atoms with van der Waals surface area (Å²) in [6, 6.07) is 0. The van der Waals surface area contributed by atoms with Crippen molar-refractivity contribution in [1.29, 1.82) is 0 Å². The third-order valence-corrected chi connectivity index (χ3v) is 5.55. The van der Waals surface area contributed by atoms with Gasteiger partial charge in [0.25, 0.3) is 0 Å². The van der Waals surface area contributed by atoms with E-state index in [1.807, 2.05) is 0 Å². The molecule has 2 unspecified atom stereocenters. The summed E-state index contributed by atoms with van der Waals surface area (Å²) < 4.78 is 0. The average molecular weight is 252 g/mol. The van der Waals surface area contributed by atoms with Crippen LogP contribution in [-0.4, -0.2) is 0 Å². The standard InChI is InChI=1S/C18H36/c1-6-11-16(7-2)15(3)14-18(4,5)17-12-9-8-10-13-17/h15-17H,6-14H2,1-5H3. The molecule has 1 fully saturated rings. The van der Waals surface area contributed by atoms with Crippen LogP contribution in [0.1, 0.15) is 92.4 Å². The minimum Gasteiger partial charge on any atom is -0.0654 e. The van der Waals surface area contributed by atoms with Crippen molar-refractivity contribution in [3.63, 3.8) is 0 Å². The largest absolute Gasteiger partial charge is 0.0654 e. The SMILES string of the molecule is CCCC(CC)C(C)CC(C)(C)C1CCCCC1. The normalized spacial score (nSPS) is 21.8. The first-order valence-electron chi connectivity index (χ1n) is 8.51. The Morgan fingerprint density at radius 1 is 1.06 bits per heavy atom. The van der Waals surface area contributed by atoms with Crippen LogP contribution in [-0.2, 0) is 0 Å². The molecular weight excluding hydrogens is 216 g/mol. The molecule has 0 aromatic heterocycles. The van der Waals surface area contributed by atoms with Crippen LogP contribution in [0.4, 0.5) is 0 Å². The van der Waals surface area contributed by atoms with Gasteiger partial charge in [-0.1, -0.05) is 73.1 Å². The zero-order valence-corrected chi connectivity index (χ0v) is 13.6. The van der Waals surface area contributed by atoms with Gasteiger partial charge in [0, 0.05) is 0 Å². The molecule has 0 N–H and O–H groups in total. The van der Waals surface area contributed by atoms with Crippen molar-refractivity contribution < 1.29 is 0 Å². The Hall–Kier alpha value is 0. The fourth-order valence-corrected chi connectivity index (χ4v) is 4.31. The lowest BCUT2D eigenvalue weighted by Gasteiger charge is -2.40. The van der Waals surface area contributed by atoms with Crippen LogP contribution in [0.15, 0.2) is 0 Å². The molecule has 0 radical (unpaired) electrons. The average Bonchev–Trinajstić information content (AvgIpc) is 2.36. The summed E-state index contributed by atoms with van der Waals surface area (Å²) in [7, 11) is 0. The topological polar surface area (TPSA) is 0 Å². The molecule has 0 heterocycles. The molecule has 0 bridgehead atoms. The quantitative estimate of drug-likeness (QED) is 0.488. The molecule has 0 aliphatic heterocycles. The van der Waals surface area contributed by atoms with Crippen molar-refractivity contribution >= 4 is 0 Å². The first-order chi connectivity index (χ1) is 8.51. The van der Waals surface area contributed by atoms with E-state index in [0.717, 1.165) is 17.8 Å². The summed E-state index contributed by atoms with van der Waals surface area (Å²) in [5.74, 6) is 2.86. The summed E-state index contributed by atoms with van der Waals surface area (Å²) in [6.45, 7) is 12.3. The van der Waals surface area contributed by atoms with E-state index in [2.05, 4.69) is 34.6 Å². The first kappa shape index (κ1) is 16.1. The molecule has 0 aromatic carbocycles. The van der Waals surface area contributed by atoms with E-state index >= 15 is 0 Å². The van der Waals surface area contributed by atoms with Gasteiger partial charge in [0.15, 0.2) is 0 Å². The lowest BCUT2D eigenvalue weighted by Crippen LogP contribution is -2.30. The van der Waals surface area contributed by atoms with Gasteiger partial charge in [0.1, 0.15) is 0 Å². The second kappa shape index (κ2) is 7.56. The fourth-order valence-electron chi connectivity index (χ4n) is 4.31. The highest BCUT2D eigenvalue weighted by molar-refractivity contribution is 4.83. The van der Waals surface area contributed by atoms with E-state index in [4.69, 9.17) is 0 Å². The molecule has 0 heteroatoms. The highest BCUT2D eigenvalue weighted by atomic mass is 14.4. The van der Waals surface area contributed by atoms with Crippen LogP contribution in [0.25, 0.3) is 0 Å². The van der Waals surface area contributed by atoms with E-state index in [9.17, 15) is 0 Å². The van der Waals surface area contributed by atoms with Crippen molar-refractivity contribution in [2.45, 2.75) is 92.4 Å². The molecule has 0 amide bonds. The van der Waals surface area contributed by atoms with Crippen LogP contribution < -0.4 is 0 Å². The van der Waals surface area contributed by atoms with Gasteiger partial charge in [-0.25, -0.2) is 0 Å². The summed E-state index contributed by atoms with van der Waals surface area (Å²) >= 11 is 0. The van der Waals surface area contributed by atoms with Gasteiger partial charge < -0.3 is 0 Å². The molecule has 0 nitrogen and oxygen atoms in total. The van der Waals surface area contributed by atoms with E-state index in [0.29, 0.717) is 5.41 Å². The van der Waals surface area contributed by atoms with Crippen molar-refractivity contribution in [2.75, 3.05) is 0 Å². The zero-order valence-electron chi connectivity index (χ0n) is 13.6. The van der Waals surface area contributed by atoms with Gasteiger partial charge in [-0.15, -0.1) is 0 Å². The van der Waals surface area contributed by atoms with E-state index in [1.54, 1.807) is 0 Å². The van der Waals surface area contributed by atoms with Crippen LogP contribution in [0.3, 0.4) is 0 Å². The Morgan fingerprint density at radius 3 is 2.17 bits per heavy atom. The fraction of sp³-hybridized carbons (Fsp3) is 1.00. The van der Waals surface area contributed by atoms with Gasteiger partial charge in [0.05, 0.1) is 0 Å². The molecular formula is C18H36. The molecule has 1 rings (SSSR count). The maximum atomic E-state index is 2.54. The maximum Gasteiger partial charge on any atom is -0.0323 e. The molecule has 18 heavy (non-hydrogen) atoms. The molecule has 1 saturated carbocycles. The Balaban J connectivity index is 2.51. The minimum atomic E-state index is 0.570. The molecule has 108 valence electrons. The summed E-state index contributed by atoms with van der Waals surface area (Å²) in [5.41, 5.74) is 0.570. The molecule has 1 aliphatic carbocycles. The highest BCUT2D eigenvalue weighted by Crippen LogP contribution is 2.44. The summed E-state index contributed by atoms with van der Waals surface area (Å²) in [4.78, 5) is 0. The number of hydrogen-bond donors (Lipinski definition) is 0. The third kappa shape index (κ3) is 4.59. The molecule has 0 aromatic rings. The zero-order chi connectivity index (χ0) is 13.6. The van der Waals surface area contributed by atoms with Crippen molar-refractivity contribution in [3.05, 3.63) is 0 Å². The van der Waals surface area contributed by atoms with E-state index < -0.39 is 0 Å². The molecule has 0 saturated heterocycles. The van der Waals surface area contributed by atoms with Gasteiger partial charge >= 0.3 is 0 Å². The monoisotopic (exact) mass is 252 g/mol. The van der Waals surface area contributed by atoms with Gasteiger partial charge in [-0.2, -0.15) is 0 Å². The number of hydrogen-bond acceptors (Lipinski definition) is 0. The predicted octanol–water partition coefficient (Wildman–Crippen LogP) is 6.45. The van der Waals surface area contributed by atoms with E-state index in [1.165, 1.54) is 57.8 Å². The Bertz CT molecular complexity index is 210.